The smallest absolute Gasteiger partial charge is 0.354 e. The van der Waals surface area contributed by atoms with E-state index < -0.39 is 5.97 Å². The van der Waals surface area contributed by atoms with Crippen LogP contribution in [0.2, 0.25) is 0 Å². The molecule has 120 valence electrons. The molecule has 0 aliphatic heterocycles. The van der Waals surface area contributed by atoms with Gasteiger partial charge in [-0.2, -0.15) is 0 Å². The maximum Gasteiger partial charge on any atom is 0.354 e. The van der Waals surface area contributed by atoms with Gasteiger partial charge in [-0.05, 0) is 24.3 Å². The van der Waals surface area contributed by atoms with Gasteiger partial charge < -0.3 is 15.2 Å². The summed E-state index contributed by atoms with van der Waals surface area (Å²) in [5, 5.41) is 12.1. The average Bonchev–Trinajstić information content (AvgIpc) is 2.61. The minimum absolute atomic E-state index is 0.0223. The molecule has 2 N–H and O–H groups in total. The van der Waals surface area contributed by atoms with Crippen LogP contribution in [-0.2, 0) is 6.54 Å². The summed E-state index contributed by atoms with van der Waals surface area (Å²) in [4.78, 5) is 23.0. The van der Waals surface area contributed by atoms with Crippen LogP contribution in [0.1, 0.15) is 16.2 Å². The van der Waals surface area contributed by atoms with E-state index in [0.717, 1.165) is 5.69 Å². The maximum absolute atomic E-state index is 10.9. The Morgan fingerprint density at radius 2 is 2.04 bits per heavy atom. The Balaban J connectivity index is 1.66. The van der Waals surface area contributed by atoms with E-state index in [0.29, 0.717) is 23.9 Å². The third kappa shape index (κ3) is 4.04. The monoisotopic (exact) mass is 322 g/mol. The number of nitrogens with one attached hydrogen (secondary N) is 1. The van der Waals surface area contributed by atoms with Gasteiger partial charge in [-0.15, -0.1) is 0 Å². The van der Waals surface area contributed by atoms with E-state index in [9.17, 15) is 4.79 Å². The average molecular weight is 322 g/mol. The highest BCUT2D eigenvalue weighted by atomic mass is 16.5. The van der Waals surface area contributed by atoms with Crippen LogP contribution >= 0.6 is 0 Å². The molecule has 0 atom stereocenters. The molecule has 0 aliphatic carbocycles. The van der Waals surface area contributed by atoms with Gasteiger partial charge in [0, 0.05) is 24.1 Å². The highest BCUT2D eigenvalue weighted by Crippen LogP contribution is 2.22. The van der Waals surface area contributed by atoms with E-state index in [1.54, 1.807) is 24.5 Å². The fourth-order valence-electron chi connectivity index (χ4n) is 2.02. The summed E-state index contributed by atoms with van der Waals surface area (Å²) in [6.45, 7) is 0.399. The Morgan fingerprint density at radius 1 is 1.17 bits per heavy atom. The molecule has 0 radical (unpaired) electrons. The summed E-state index contributed by atoms with van der Waals surface area (Å²) in [7, 11) is 0. The quantitative estimate of drug-likeness (QED) is 0.720. The summed E-state index contributed by atoms with van der Waals surface area (Å²) in [6, 6.07) is 12.2. The second-order valence-electron chi connectivity index (χ2n) is 4.85. The van der Waals surface area contributed by atoms with Crippen LogP contribution in [0.3, 0.4) is 0 Å². The molecule has 0 bridgehead atoms. The van der Waals surface area contributed by atoms with Crippen molar-refractivity contribution >= 4 is 11.7 Å². The van der Waals surface area contributed by atoms with Crippen molar-refractivity contribution in [2.24, 2.45) is 0 Å². The molecule has 0 unspecified atom stereocenters. The highest BCUT2D eigenvalue weighted by Gasteiger charge is 2.05. The Morgan fingerprint density at radius 3 is 2.83 bits per heavy atom. The van der Waals surface area contributed by atoms with Crippen LogP contribution in [0.5, 0.6) is 11.6 Å². The van der Waals surface area contributed by atoms with Crippen molar-refractivity contribution in [2.45, 2.75) is 6.54 Å². The van der Waals surface area contributed by atoms with Gasteiger partial charge in [-0.25, -0.2) is 14.8 Å². The van der Waals surface area contributed by atoms with Crippen molar-refractivity contribution in [1.29, 1.82) is 0 Å². The molecule has 3 aromatic rings. The molecule has 0 aliphatic rings. The molecule has 0 spiro atoms. The predicted molar refractivity (Wildman–Crippen MR) is 87.1 cm³/mol. The molecule has 1 aromatic carbocycles. The zero-order chi connectivity index (χ0) is 16.8. The lowest BCUT2D eigenvalue weighted by molar-refractivity contribution is 0.0690. The Hall–Kier alpha value is -3.48. The van der Waals surface area contributed by atoms with E-state index in [-0.39, 0.29) is 5.69 Å². The summed E-state index contributed by atoms with van der Waals surface area (Å²) < 4.78 is 5.61. The number of rotatable bonds is 6. The zero-order valence-electron chi connectivity index (χ0n) is 12.6. The lowest BCUT2D eigenvalue weighted by Gasteiger charge is -2.09. The van der Waals surface area contributed by atoms with Crippen LogP contribution in [0.4, 0.5) is 5.69 Å². The molecule has 7 heteroatoms. The predicted octanol–water partition coefficient (Wildman–Crippen LogP) is 2.97. The molecular weight excluding hydrogens is 308 g/mol. The number of nitrogens with zero attached hydrogens (tertiary/aromatic N) is 3. The number of carbonyl (C=O) groups is 1. The third-order valence-electron chi connectivity index (χ3n) is 3.10. The molecule has 0 saturated carbocycles. The lowest BCUT2D eigenvalue weighted by Crippen LogP contribution is -2.06. The molecule has 0 fully saturated rings. The number of anilines is 1. The summed E-state index contributed by atoms with van der Waals surface area (Å²) in [5.41, 5.74) is 1.48. The lowest BCUT2D eigenvalue weighted by atomic mass is 10.2. The number of ether oxygens (including phenoxy) is 1. The molecule has 24 heavy (non-hydrogen) atoms. The van der Waals surface area contributed by atoms with Gasteiger partial charge in [-0.1, -0.05) is 12.1 Å². The first kappa shape index (κ1) is 15.4. The van der Waals surface area contributed by atoms with E-state index in [2.05, 4.69) is 20.3 Å². The van der Waals surface area contributed by atoms with Crippen molar-refractivity contribution in [1.82, 2.24) is 15.0 Å². The van der Waals surface area contributed by atoms with Crippen molar-refractivity contribution in [3.05, 3.63) is 72.4 Å². The van der Waals surface area contributed by atoms with Gasteiger partial charge in [0.2, 0.25) is 5.88 Å². The number of aromatic carboxylic acids is 1. The second kappa shape index (κ2) is 7.19. The number of hydrogen-bond donors (Lipinski definition) is 2. The maximum atomic E-state index is 10.9. The number of aromatic nitrogens is 3. The standard InChI is InChI=1S/C17H14N4O3/c22-17(23)15-6-2-4-13(21-15)10-20-12-3-1-5-14(9-12)24-16-11-18-7-8-19-16/h1-9,11,20H,10H2,(H,22,23). The number of hydrogen-bond acceptors (Lipinski definition) is 6. The van der Waals surface area contributed by atoms with Crippen LogP contribution in [0.15, 0.2) is 61.1 Å². The molecular formula is C17H14N4O3. The number of benzene rings is 1. The van der Waals surface area contributed by atoms with Gasteiger partial charge >= 0.3 is 5.97 Å². The second-order valence-corrected chi connectivity index (χ2v) is 4.85. The van der Waals surface area contributed by atoms with Gasteiger partial charge in [0.1, 0.15) is 11.4 Å². The molecule has 7 nitrogen and oxygen atoms in total. The normalized spacial score (nSPS) is 10.2. The van der Waals surface area contributed by atoms with Crippen LogP contribution in [-0.4, -0.2) is 26.0 Å². The van der Waals surface area contributed by atoms with Crippen LogP contribution < -0.4 is 10.1 Å². The zero-order valence-corrected chi connectivity index (χ0v) is 12.6. The van der Waals surface area contributed by atoms with Crippen molar-refractivity contribution in [3.8, 4) is 11.6 Å². The SMILES string of the molecule is O=C(O)c1cccc(CNc2cccc(Oc3cnccn3)c2)n1. The van der Waals surface area contributed by atoms with E-state index >= 15 is 0 Å². The number of pyridine rings is 1. The highest BCUT2D eigenvalue weighted by molar-refractivity contribution is 5.85. The summed E-state index contributed by atoms with van der Waals surface area (Å²) in [6.07, 6.45) is 4.66. The minimum Gasteiger partial charge on any atom is -0.477 e. The number of carboxylic acid groups (broad SMARTS) is 1. The van der Waals surface area contributed by atoms with Crippen molar-refractivity contribution < 1.29 is 14.6 Å². The summed E-state index contributed by atoms with van der Waals surface area (Å²) >= 11 is 0. The van der Waals surface area contributed by atoms with Crippen molar-refractivity contribution in [2.75, 3.05) is 5.32 Å². The molecule has 2 aromatic heterocycles. The van der Waals surface area contributed by atoms with Gasteiger partial charge in [0.05, 0.1) is 18.4 Å². The fraction of sp³-hybridized carbons (Fsp3) is 0.0588. The van der Waals surface area contributed by atoms with Gasteiger partial charge in [0.15, 0.2) is 0 Å². The first-order valence-electron chi connectivity index (χ1n) is 7.18. The van der Waals surface area contributed by atoms with E-state index in [1.165, 1.54) is 12.3 Å². The van der Waals surface area contributed by atoms with E-state index in [4.69, 9.17) is 9.84 Å². The van der Waals surface area contributed by atoms with Gasteiger partial charge in [-0.3, -0.25) is 4.98 Å². The first-order chi connectivity index (χ1) is 11.7. The van der Waals surface area contributed by atoms with Gasteiger partial charge in [0.25, 0.3) is 0 Å². The van der Waals surface area contributed by atoms with Crippen LogP contribution in [0.25, 0.3) is 0 Å². The molecule has 0 amide bonds. The summed E-state index contributed by atoms with van der Waals surface area (Å²) in [5.74, 6) is -0.0190. The molecule has 0 saturated heterocycles. The topological polar surface area (TPSA) is 97.2 Å². The first-order valence-corrected chi connectivity index (χ1v) is 7.18. The largest absolute Gasteiger partial charge is 0.477 e. The third-order valence-corrected chi connectivity index (χ3v) is 3.10. The van der Waals surface area contributed by atoms with E-state index in [1.807, 2.05) is 24.3 Å². The Kier molecular flexibility index (Phi) is 4.62. The molecule has 2 heterocycles. The fourth-order valence-corrected chi connectivity index (χ4v) is 2.02. The van der Waals surface area contributed by atoms with Crippen LogP contribution in [0, 0.1) is 0 Å². The molecule has 3 rings (SSSR count). The number of carboxylic acids is 1. The Bertz CT molecular complexity index is 840. The Labute approximate surface area is 138 Å². The van der Waals surface area contributed by atoms with Crippen molar-refractivity contribution in [3.63, 3.8) is 0 Å². The minimum atomic E-state index is -1.05.